The van der Waals surface area contributed by atoms with E-state index in [1.54, 1.807) is 12.3 Å². The quantitative estimate of drug-likeness (QED) is 0.693. The minimum atomic E-state index is 0.0752. The van der Waals surface area contributed by atoms with Crippen LogP contribution in [0.2, 0.25) is 0 Å². The molecule has 1 saturated heterocycles. The van der Waals surface area contributed by atoms with Crippen LogP contribution in [0.3, 0.4) is 0 Å². The molecule has 0 aliphatic carbocycles. The molecule has 0 bridgehead atoms. The molecular formula is C23H25N4O+. The van der Waals surface area contributed by atoms with Crippen molar-refractivity contribution in [2.24, 2.45) is 0 Å². The molecule has 0 saturated carbocycles. The second-order valence-electron chi connectivity index (χ2n) is 7.12. The highest BCUT2D eigenvalue weighted by Gasteiger charge is 2.22. The number of piperazine rings is 1. The van der Waals surface area contributed by atoms with Crippen LogP contribution in [-0.4, -0.2) is 46.8 Å². The number of nitrogens with zero attached hydrogens (tertiary/aromatic N) is 3. The van der Waals surface area contributed by atoms with E-state index in [1.165, 1.54) is 10.5 Å². The molecule has 5 heteroatoms. The molecule has 1 aliphatic rings. The van der Waals surface area contributed by atoms with Gasteiger partial charge in [-0.25, -0.2) is 4.68 Å². The summed E-state index contributed by atoms with van der Waals surface area (Å²) < 4.78 is 1.82. The Labute approximate surface area is 165 Å². The summed E-state index contributed by atoms with van der Waals surface area (Å²) in [5, 5.41) is 4.36. The molecule has 1 aliphatic heterocycles. The molecule has 2 heterocycles. The van der Waals surface area contributed by atoms with Gasteiger partial charge >= 0.3 is 0 Å². The number of hydrogen-bond donors (Lipinski definition) is 1. The summed E-state index contributed by atoms with van der Waals surface area (Å²) in [6, 6.07) is 20.5. The first-order valence-corrected chi connectivity index (χ1v) is 9.72. The number of benzene rings is 2. The Morgan fingerprint density at radius 1 is 1.00 bits per heavy atom. The van der Waals surface area contributed by atoms with E-state index in [0.717, 1.165) is 44.0 Å². The Balaban J connectivity index is 1.29. The minimum absolute atomic E-state index is 0.0752. The first kappa shape index (κ1) is 18.2. The Bertz CT molecular complexity index is 926. The van der Waals surface area contributed by atoms with Crippen LogP contribution in [-0.2, 0) is 11.3 Å². The third kappa shape index (κ3) is 4.56. The zero-order valence-electron chi connectivity index (χ0n) is 15.9. The lowest BCUT2D eigenvalue weighted by molar-refractivity contribution is -0.917. The number of amides is 1. The monoisotopic (exact) mass is 373 g/mol. The normalized spacial score (nSPS) is 15.2. The highest BCUT2D eigenvalue weighted by atomic mass is 16.2. The number of para-hydroxylation sites is 1. The smallest absolute Gasteiger partial charge is 0.246 e. The summed E-state index contributed by atoms with van der Waals surface area (Å²) in [6.07, 6.45) is 7.21. The minimum Gasteiger partial charge on any atom is -0.328 e. The van der Waals surface area contributed by atoms with Crippen molar-refractivity contribution in [2.45, 2.75) is 6.54 Å². The molecule has 4 rings (SSSR count). The summed E-state index contributed by atoms with van der Waals surface area (Å²) in [6.45, 7) is 4.60. The molecule has 1 fully saturated rings. The van der Waals surface area contributed by atoms with Gasteiger partial charge in [0.1, 0.15) is 6.54 Å². The third-order valence-electron chi connectivity index (χ3n) is 5.12. The number of carbonyl (C=O) groups excluding carboxylic acids is 1. The molecule has 1 aromatic heterocycles. The number of hydrogen-bond acceptors (Lipinski definition) is 2. The summed E-state index contributed by atoms with van der Waals surface area (Å²) in [5.41, 5.74) is 3.28. The maximum absolute atomic E-state index is 12.5. The summed E-state index contributed by atoms with van der Waals surface area (Å²) in [4.78, 5) is 16.0. The second-order valence-corrected chi connectivity index (χ2v) is 7.12. The number of carbonyl (C=O) groups is 1. The molecule has 3 aromatic rings. The maximum atomic E-state index is 12.5. The van der Waals surface area contributed by atoms with Gasteiger partial charge in [-0.05, 0) is 18.2 Å². The van der Waals surface area contributed by atoms with Gasteiger partial charge in [-0.1, -0.05) is 48.5 Å². The standard InChI is InChI=1S/C23H24N4O/c28-23(12-11-21-17-24-27(19-21)22-9-5-2-6-10-22)26-15-13-25(14-16-26)18-20-7-3-1-4-8-20/h1-12,17,19H,13-16,18H2/p+1/b12-11+. The van der Waals surface area contributed by atoms with Gasteiger partial charge in [0.05, 0.1) is 38.1 Å². The molecule has 0 radical (unpaired) electrons. The van der Waals surface area contributed by atoms with Crippen molar-refractivity contribution < 1.29 is 9.69 Å². The van der Waals surface area contributed by atoms with Gasteiger partial charge in [0.15, 0.2) is 0 Å². The lowest BCUT2D eigenvalue weighted by Crippen LogP contribution is -3.13. The molecule has 1 N–H and O–H groups in total. The lowest BCUT2D eigenvalue weighted by Gasteiger charge is -2.31. The molecule has 1 amide bonds. The molecule has 0 spiro atoms. The van der Waals surface area contributed by atoms with Gasteiger partial charge < -0.3 is 9.80 Å². The average Bonchev–Trinajstić information content (AvgIpc) is 3.23. The highest BCUT2D eigenvalue weighted by Crippen LogP contribution is 2.09. The van der Waals surface area contributed by atoms with Crippen molar-refractivity contribution in [2.75, 3.05) is 26.2 Å². The maximum Gasteiger partial charge on any atom is 0.246 e. The molecule has 5 nitrogen and oxygen atoms in total. The first-order chi connectivity index (χ1) is 13.8. The highest BCUT2D eigenvalue weighted by molar-refractivity contribution is 5.91. The molecule has 2 aromatic carbocycles. The van der Waals surface area contributed by atoms with E-state index in [9.17, 15) is 4.79 Å². The Morgan fingerprint density at radius 3 is 2.39 bits per heavy atom. The Kier molecular flexibility index (Phi) is 5.64. The topological polar surface area (TPSA) is 42.6 Å². The van der Waals surface area contributed by atoms with Crippen LogP contribution < -0.4 is 4.90 Å². The zero-order chi connectivity index (χ0) is 19.2. The van der Waals surface area contributed by atoms with E-state index in [4.69, 9.17) is 0 Å². The number of quaternary nitrogens is 1. The van der Waals surface area contributed by atoms with Crippen LogP contribution in [0.4, 0.5) is 0 Å². The second kappa shape index (κ2) is 8.67. The fraction of sp³-hybridized carbons (Fsp3) is 0.217. The zero-order valence-corrected chi connectivity index (χ0v) is 15.9. The van der Waals surface area contributed by atoms with Crippen LogP contribution in [0.5, 0.6) is 0 Å². The van der Waals surface area contributed by atoms with E-state index in [0.29, 0.717) is 0 Å². The van der Waals surface area contributed by atoms with Gasteiger partial charge in [-0.15, -0.1) is 0 Å². The van der Waals surface area contributed by atoms with Crippen LogP contribution in [0.25, 0.3) is 11.8 Å². The molecule has 0 atom stereocenters. The van der Waals surface area contributed by atoms with Gasteiger partial charge in [0, 0.05) is 23.4 Å². The predicted molar refractivity (Wildman–Crippen MR) is 110 cm³/mol. The molecule has 142 valence electrons. The number of nitrogens with one attached hydrogen (secondary N) is 1. The van der Waals surface area contributed by atoms with Crippen molar-refractivity contribution in [3.05, 3.63) is 90.3 Å². The van der Waals surface area contributed by atoms with Crippen molar-refractivity contribution in [3.63, 3.8) is 0 Å². The van der Waals surface area contributed by atoms with E-state index in [1.807, 2.05) is 58.3 Å². The van der Waals surface area contributed by atoms with Crippen molar-refractivity contribution in [3.8, 4) is 5.69 Å². The van der Waals surface area contributed by atoms with Crippen LogP contribution >= 0.6 is 0 Å². The fourth-order valence-electron chi connectivity index (χ4n) is 3.52. The fourth-order valence-corrected chi connectivity index (χ4v) is 3.52. The third-order valence-corrected chi connectivity index (χ3v) is 5.12. The van der Waals surface area contributed by atoms with E-state index in [-0.39, 0.29) is 5.91 Å². The number of rotatable bonds is 5. The van der Waals surface area contributed by atoms with Crippen LogP contribution in [0, 0.1) is 0 Å². The van der Waals surface area contributed by atoms with Gasteiger partial charge in [0.2, 0.25) is 5.91 Å². The first-order valence-electron chi connectivity index (χ1n) is 9.72. The molecule has 28 heavy (non-hydrogen) atoms. The van der Waals surface area contributed by atoms with Gasteiger partial charge in [0.25, 0.3) is 0 Å². The SMILES string of the molecule is O=C(/C=C/c1cnn(-c2ccccc2)c1)N1CC[NH+](Cc2ccccc2)CC1. The van der Waals surface area contributed by atoms with Crippen LogP contribution in [0.1, 0.15) is 11.1 Å². The van der Waals surface area contributed by atoms with Gasteiger partial charge in [-0.3, -0.25) is 4.79 Å². The van der Waals surface area contributed by atoms with Crippen molar-refractivity contribution in [1.82, 2.24) is 14.7 Å². The Morgan fingerprint density at radius 2 is 1.68 bits per heavy atom. The summed E-state index contributed by atoms with van der Waals surface area (Å²) >= 11 is 0. The Hall–Kier alpha value is -3.18. The van der Waals surface area contributed by atoms with E-state index < -0.39 is 0 Å². The number of aromatic nitrogens is 2. The van der Waals surface area contributed by atoms with E-state index in [2.05, 4.69) is 29.4 Å². The van der Waals surface area contributed by atoms with E-state index >= 15 is 0 Å². The van der Waals surface area contributed by atoms with Gasteiger partial charge in [-0.2, -0.15) is 5.10 Å². The predicted octanol–water partition coefficient (Wildman–Crippen LogP) is 1.81. The summed E-state index contributed by atoms with van der Waals surface area (Å²) in [7, 11) is 0. The van der Waals surface area contributed by atoms with Crippen molar-refractivity contribution in [1.29, 1.82) is 0 Å². The van der Waals surface area contributed by atoms with Crippen molar-refractivity contribution >= 4 is 12.0 Å². The summed E-state index contributed by atoms with van der Waals surface area (Å²) in [5.74, 6) is 0.0752. The molecule has 0 unspecified atom stereocenters. The molecular weight excluding hydrogens is 348 g/mol. The largest absolute Gasteiger partial charge is 0.328 e. The average molecular weight is 373 g/mol. The lowest BCUT2D eigenvalue weighted by atomic mass is 10.2. The van der Waals surface area contributed by atoms with Crippen LogP contribution in [0.15, 0.2) is 79.1 Å².